The van der Waals surface area contributed by atoms with Crippen molar-refractivity contribution < 1.29 is 4.92 Å². The Morgan fingerprint density at radius 2 is 1.54 bits per heavy atom. The third kappa shape index (κ3) is 16.1. The molecule has 0 radical (unpaired) electrons. The standard InChI is InChI=1S/C28H40N10O2S.5ClH/c29-27(30)36-28-35-26(20-41-28)23-3-5-24(6-4-23)34-18-21-15-22(17-25(16-21)38(39)40)19-37-13-2-9-32-11-10-31-7-1-8-33-12-14-37;;;;;/h3-6,15-17,20,31-34H,1-2,7-14,18-19H2,(H4,29,30,35,36);5*1H. The quantitative estimate of drug-likeness (QED) is 0.0709. The molecule has 46 heavy (non-hydrogen) atoms. The second-order valence-corrected chi connectivity index (χ2v) is 10.9. The molecule has 18 heteroatoms. The van der Waals surface area contributed by atoms with Crippen molar-refractivity contribution in [2.45, 2.75) is 25.9 Å². The summed E-state index contributed by atoms with van der Waals surface area (Å²) in [5.41, 5.74) is 9.96. The number of anilines is 2. The van der Waals surface area contributed by atoms with Gasteiger partial charge in [0.05, 0.1) is 10.6 Å². The average molecular weight is 763 g/mol. The first-order chi connectivity index (χ1) is 20.0. The number of nitro benzene ring substituents is 1. The van der Waals surface area contributed by atoms with Crippen molar-refractivity contribution >= 4 is 95.8 Å². The number of aromatic nitrogens is 1. The Bertz CT molecular complexity index is 1280. The van der Waals surface area contributed by atoms with Crippen LogP contribution < -0.4 is 32.3 Å². The van der Waals surface area contributed by atoms with Crippen molar-refractivity contribution in [3.8, 4) is 11.3 Å². The zero-order valence-electron chi connectivity index (χ0n) is 25.3. The molecular weight excluding hydrogens is 718 g/mol. The molecule has 3 aromatic rings. The van der Waals surface area contributed by atoms with Gasteiger partial charge < -0.3 is 32.3 Å². The number of nitrogens with zero attached hydrogens (tertiary/aromatic N) is 3. The lowest BCUT2D eigenvalue weighted by Crippen LogP contribution is -2.36. The number of guanidine groups is 1. The van der Waals surface area contributed by atoms with Crippen LogP contribution in [0.15, 0.2) is 47.8 Å². The van der Waals surface area contributed by atoms with E-state index in [0.717, 1.165) is 93.3 Å². The smallest absolute Gasteiger partial charge is 0.270 e. The molecular formula is C28H45Cl5N10O2S. The van der Waals surface area contributed by atoms with Crippen LogP contribution in [0, 0.1) is 15.5 Å². The third-order valence-electron chi connectivity index (χ3n) is 6.70. The number of rotatable bonds is 8. The Labute approximate surface area is 305 Å². The summed E-state index contributed by atoms with van der Waals surface area (Å²) in [6.07, 6.45) is 2.11. The van der Waals surface area contributed by atoms with E-state index >= 15 is 0 Å². The minimum atomic E-state index is -0.312. The Morgan fingerprint density at radius 3 is 2.20 bits per heavy atom. The first-order valence-corrected chi connectivity index (χ1v) is 14.9. The van der Waals surface area contributed by atoms with Crippen molar-refractivity contribution in [3.05, 3.63) is 69.1 Å². The van der Waals surface area contributed by atoms with E-state index in [-0.39, 0.29) is 78.6 Å². The molecule has 2 aromatic carbocycles. The lowest BCUT2D eigenvalue weighted by atomic mass is 10.1. The zero-order valence-corrected chi connectivity index (χ0v) is 30.2. The molecule has 0 bridgehead atoms. The number of benzene rings is 2. The maximum Gasteiger partial charge on any atom is 0.270 e. The molecule has 4 rings (SSSR count). The SMILES string of the molecule is Cl.Cl.Cl.Cl.Cl.N=C(N)Nc1nc(-c2ccc(NCc3cc(CN4CCCNCCNCCCNCC4)cc([N+](=O)[O-])c3)cc2)cs1. The third-order valence-corrected chi connectivity index (χ3v) is 7.45. The highest BCUT2D eigenvalue weighted by Crippen LogP contribution is 2.26. The van der Waals surface area contributed by atoms with Crippen molar-refractivity contribution in [1.82, 2.24) is 25.8 Å². The lowest BCUT2D eigenvalue weighted by Gasteiger charge is -2.23. The largest absolute Gasteiger partial charge is 0.381 e. The van der Waals surface area contributed by atoms with Gasteiger partial charge >= 0.3 is 0 Å². The van der Waals surface area contributed by atoms with E-state index in [1.165, 1.54) is 11.3 Å². The number of thiazole rings is 1. The minimum absolute atomic E-state index is 0. The summed E-state index contributed by atoms with van der Waals surface area (Å²) >= 11 is 1.38. The molecule has 260 valence electrons. The Balaban J connectivity index is 0. The molecule has 8 N–H and O–H groups in total. The van der Waals surface area contributed by atoms with E-state index in [4.69, 9.17) is 11.1 Å². The predicted molar refractivity (Wildman–Crippen MR) is 203 cm³/mol. The van der Waals surface area contributed by atoms with Crippen LogP contribution in [-0.4, -0.2) is 73.1 Å². The van der Waals surface area contributed by atoms with Crippen LogP contribution in [0.5, 0.6) is 0 Å². The molecule has 0 saturated carbocycles. The summed E-state index contributed by atoms with van der Waals surface area (Å²) < 4.78 is 0. The zero-order chi connectivity index (χ0) is 28.9. The summed E-state index contributed by atoms with van der Waals surface area (Å²) in [5.74, 6) is -0.147. The summed E-state index contributed by atoms with van der Waals surface area (Å²) in [6.45, 7) is 8.72. The first-order valence-electron chi connectivity index (χ1n) is 14.0. The summed E-state index contributed by atoms with van der Waals surface area (Å²) in [6, 6.07) is 13.3. The number of nitrogens with two attached hydrogens (primary N) is 1. The fraction of sp³-hybridized carbons (Fsp3) is 0.429. The van der Waals surface area contributed by atoms with Gasteiger partial charge in [-0.2, -0.15) is 0 Å². The van der Waals surface area contributed by atoms with Crippen molar-refractivity contribution in [2.24, 2.45) is 5.73 Å². The van der Waals surface area contributed by atoms with Gasteiger partial charge in [0.15, 0.2) is 11.1 Å². The summed E-state index contributed by atoms with van der Waals surface area (Å²) in [4.78, 5) is 18.3. The fourth-order valence-electron chi connectivity index (χ4n) is 4.67. The van der Waals surface area contributed by atoms with Gasteiger partial charge in [-0.25, -0.2) is 4.98 Å². The fourth-order valence-corrected chi connectivity index (χ4v) is 5.40. The van der Waals surface area contributed by atoms with E-state index in [0.29, 0.717) is 18.2 Å². The van der Waals surface area contributed by atoms with Crippen LogP contribution in [0.3, 0.4) is 0 Å². The van der Waals surface area contributed by atoms with Crippen molar-refractivity contribution in [2.75, 3.05) is 63.0 Å². The summed E-state index contributed by atoms with van der Waals surface area (Å²) in [5, 5.41) is 38.1. The molecule has 1 fully saturated rings. The van der Waals surface area contributed by atoms with Gasteiger partial charge in [-0.3, -0.25) is 20.4 Å². The highest BCUT2D eigenvalue weighted by Gasteiger charge is 2.14. The molecule has 0 spiro atoms. The Kier molecular flexibility index (Phi) is 24.9. The molecule has 0 unspecified atom stereocenters. The van der Waals surface area contributed by atoms with E-state index in [2.05, 4.69) is 42.5 Å². The maximum absolute atomic E-state index is 11.7. The van der Waals surface area contributed by atoms with E-state index in [9.17, 15) is 10.1 Å². The number of hydrogen-bond acceptors (Lipinski definition) is 10. The second-order valence-electron chi connectivity index (χ2n) is 10.0. The van der Waals surface area contributed by atoms with Crippen molar-refractivity contribution in [1.29, 1.82) is 5.41 Å². The van der Waals surface area contributed by atoms with Crippen LogP contribution in [0.25, 0.3) is 11.3 Å². The number of non-ortho nitro benzene ring substituents is 1. The van der Waals surface area contributed by atoms with Gasteiger partial charge in [0.1, 0.15) is 0 Å². The predicted octanol–water partition coefficient (Wildman–Crippen LogP) is 5.11. The first kappa shape index (κ1) is 46.0. The Hall–Kier alpha value is -2.17. The highest BCUT2D eigenvalue weighted by molar-refractivity contribution is 7.14. The highest BCUT2D eigenvalue weighted by atomic mass is 35.5. The molecule has 12 nitrogen and oxygen atoms in total. The van der Waals surface area contributed by atoms with Crippen LogP contribution in [0.4, 0.5) is 16.5 Å². The van der Waals surface area contributed by atoms with Gasteiger partial charge in [-0.05, 0) is 62.3 Å². The lowest BCUT2D eigenvalue weighted by molar-refractivity contribution is -0.385. The molecule has 1 saturated heterocycles. The van der Waals surface area contributed by atoms with Crippen LogP contribution in [0.2, 0.25) is 0 Å². The van der Waals surface area contributed by atoms with Gasteiger partial charge in [0, 0.05) is 68.0 Å². The minimum Gasteiger partial charge on any atom is -0.381 e. The van der Waals surface area contributed by atoms with E-state index < -0.39 is 0 Å². The topological polar surface area (TPSA) is 169 Å². The van der Waals surface area contributed by atoms with Gasteiger partial charge in [0.25, 0.3) is 5.69 Å². The van der Waals surface area contributed by atoms with Crippen LogP contribution >= 0.6 is 73.4 Å². The normalized spacial score (nSPS) is 14.3. The van der Waals surface area contributed by atoms with Crippen LogP contribution in [0.1, 0.15) is 24.0 Å². The number of halogens is 5. The number of nitrogens with one attached hydrogen (secondary N) is 6. The molecule has 0 amide bonds. The van der Waals surface area contributed by atoms with Gasteiger partial charge in [-0.15, -0.1) is 73.4 Å². The molecule has 2 heterocycles. The summed E-state index contributed by atoms with van der Waals surface area (Å²) in [7, 11) is 0. The molecule has 1 aliphatic rings. The van der Waals surface area contributed by atoms with Crippen molar-refractivity contribution in [3.63, 3.8) is 0 Å². The molecule has 0 aliphatic carbocycles. The Morgan fingerprint density at radius 1 is 0.913 bits per heavy atom. The number of nitro groups is 1. The monoisotopic (exact) mass is 760 g/mol. The molecule has 1 aromatic heterocycles. The molecule has 0 atom stereocenters. The molecule has 1 aliphatic heterocycles. The van der Waals surface area contributed by atoms with Gasteiger partial charge in [0.2, 0.25) is 0 Å². The van der Waals surface area contributed by atoms with Crippen LogP contribution in [-0.2, 0) is 13.1 Å². The maximum atomic E-state index is 11.7. The number of hydrogen-bond donors (Lipinski definition) is 7. The van der Waals surface area contributed by atoms with E-state index in [1.54, 1.807) is 12.1 Å². The van der Waals surface area contributed by atoms with Gasteiger partial charge in [-0.1, -0.05) is 18.2 Å². The average Bonchev–Trinajstić information content (AvgIpc) is 3.42. The second kappa shape index (κ2) is 24.9. The van der Waals surface area contributed by atoms with E-state index in [1.807, 2.05) is 29.6 Å².